The van der Waals surface area contributed by atoms with E-state index in [-0.39, 0.29) is 11.9 Å². The van der Waals surface area contributed by atoms with Gasteiger partial charge in [-0.1, -0.05) is 18.4 Å². The maximum Gasteiger partial charge on any atom is 0.240 e. The van der Waals surface area contributed by atoms with Crippen LogP contribution in [0.3, 0.4) is 0 Å². The highest BCUT2D eigenvalue weighted by atomic mass is 16.2. The molecule has 4 rings (SSSR count). The first-order chi connectivity index (χ1) is 12.8. The summed E-state index contributed by atoms with van der Waals surface area (Å²) in [6, 6.07) is 4.00. The van der Waals surface area contributed by atoms with Gasteiger partial charge >= 0.3 is 0 Å². The highest BCUT2D eigenvalue weighted by Gasteiger charge is 2.32. The van der Waals surface area contributed by atoms with Crippen molar-refractivity contribution in [1.82, 2.24) is 19.8 Å². The lowest BCUT2D eigenvalue weighted by molar-refractivity contribution is -0.137. The standard InChI is InChI=1S/C21H24N4O/c1-2-11-24-12-4-3-7-19(24)21(26)25-13-8-16(9-14-25)18-15-23-20-17(18)6-5-10-22-20/h1,5-6,8,10,15,19H,3-4,7,9,11-14H2,(H,22,23)/t19-/m0/s1. The molecule has 0 bridgehead atoms. The molecule has 5 heteroatoms. The monoisotopic (exact) mass is 348 g/mol. The topological polar surface area (TPSA) is 52.2 Å². The zero-order valence-corrected chi connectivity index (χ0v) is 14.9. The largest absolute Gasteiger partial charge is 0.346 e. The summed E-state index contributed by atoms with van der Waals surface area (Å²) in [5.41, 5.74) is 3.40. The van der Waals surface area contributed by atoms with Crippen LogP contribution < -0.4 is 0 Å². The van der Waals surface area contributed by atoms with Gasteiger partial charge in [0.2, 0.25) is 5.91 Å². The number of H-pyrrole nitrogens is 1. The first kappa shape index (κ1) is 16.9. The molecule has 1 fully saturated rings. The Kier molecular flexibility index (Phi) is 4.77. The van der Waals surface area contributed by atoms with E-state index in [0.29, 0.717) is 13.1 Å². The first-order valence-electron chi connectivity index (χ1n) is 9.35. The third-order valence-electron chi connectivity index (χ3n) is 5.51. The molecule has 0 aromatic carbocycles. The third-order valence-corrected chi connectivity index (χ3v) is 5.51. The maximum absolute atomic E-state index is 13.0. The van der Waals surface area contributed by atoms with Crippen molar-refractivity contribution in [2.24, 2.45) is 0 Å². The van der Waals surface area contributed by atoms with Gasteiger partial charge in [0.25, 0.3) is 0 Å². The van der Waals surface area contributed by atoms with Gasteiger partial charge in [-0.3, -0.25) is 9.69 Å². The highest BCUT2D eigenvalue weighted by molar-refractivity contribution is 5.91. The average molecular weight is 348 g/mol. The number of piperidine rings is 1. The van der Waals surface area contributed by atoms with Crippen molar-refractivity contribution in [3.63, 3.8) is 0 Å². The van der Waals surface area contributed by atoms with Crippen LogP contribution in [-0.4, -0.2) is 57.9 Å². The molecule has 1 atom stereocenters. The average Bonchev–Trinajstić information content (AvgIpc) is 3.12. The minimum absolute atomic E-state index is 0.0490. The van der Waals surface area contributed by atoms with Crippen molar-refractivity contribution in [1.29, 1.82) is 0 Å². The smallest absolute Gasteiger partial charge is 0.240 e. The fourth-order valence-electron chi connectivity index (χ4n) is 4.12. The van der Waals surface area contributed by atoms with Crippen LogP contribution in [0.5, 0.6) is 0 Å². The number of hydrogen-bond acceptors (Lipinski definition) is 3. The maximum atomic E-state index is 13.0. The van der Waals surface area contributed by atoms with Gasteiger partial charge < -0.3 is 9.88 Å². The van der Waals surface area contributed by atoms with Crippen LogP contribution in [0.1, 0.15) is 31.2 Å². The quantitative estimate of drug-likeness (QED) is 0.868. The fourth-order valence-corrected chi connectivity index (χ4v) is 4.12. The first-order valence-corrected chi connectivity index (χ1v) is 9.35. The van der Waals surface area contributed by atoms with E-state index < -0.39 is 0 Å². The van der Waals surface area contributed by atoms with Gasteiger partial charge in [-0.05, 0) is 43.5 Å². The number of carbonyl (C=O) groups is 1. The van der Waals surface area contributed by atoms with Crippen LogP contribution in [0.25, 0.3) is 16.6 Å². The van der Waals surface area contributed by atoms with Gasteiger partial charge in [0, 0.05) is 36.4 Å². The number of nitrogens with one attached hydrogen (secondary N) is 1. The molecule has 1 N–H and O–H groups in total. The van der Waals surface area contributed by atoms with E-state index in [0.717, 1.165) is 49.8 Å². The Labute approximate surface area is 154 Å². The van der Waals surface area contributed by atoms with E-state index >= 15 is 0 Å². The molecule has 4 heterocycles. The number of nitrogens with zero attached hydrogens (tertiary/aromatic N) is 3. The molecule has 2 aromatic heterocycles. The summed E-state index contributed by atoms with van der Waals surface area (Å²) in [4.78, 5) is 24.8. The second-order valence-electron chi connectivity index (χ2n) is 7.05. The third kappa shape index (κ3) is 3.13. The van der Waals surface area contributed by atoms with E-state index in [2.05, 4.69) is 32.9 Å². The molecule has 134 valence electrons. The number of likely N-dealkylation sites (tertiary alicyclic amines) is 1. The molecule has 2 aliphatic rings. The van der Waals surface area contributed by atoms with Crippen LogP contribution in [0, 0.1) is 12.3 Å². The molecule has 0 radical (unpaired) electrons. The summed E-state index contributed by atoms with van der Waals surface area (Å²) in [5, 5.41) is 1.14. The van der Waals surface area contributed by atoms with Gasteiger partial charge in [-0.25, -0.2) is 4.98 Å². The van der Waals surface area contributed by atoms with Gasteiger partial charge in [0.1, 0.15) is 5.65 Å². The van der Waals surface area contributed by atoms with Crippen molar-refractivity contribution < 1.29 is 4.79 Å². The number of fused-ring (bicyclic) bond motifs is 1. The summed E-state index contributed by atoms with van der Waals surface area (Å²) in [7, 11) is 0. The molecular weight excluding hydrogens is 324 g/mol. The normalized spacial score (nSPS) is 21.4. The van der Waals surface area contributed by atoms with E-state index in [1.54, 1.807) is 6.20 Å². The highest BCUT2D eigenvalue weighted by Crippen LogP contribution is 2.29. The Hall–Kier alpha value is -2.58. The van der Waals surface area contributed by atoms with Crippen LogP contribution in [0.15, 0.2) is 30.6 Å². The second-order valence-corrected chi connectivity index (χ2v) is 7.05. The molecule has 5 nitrogen and oxygen atoms in total. The molecule has 2 aliphatic heterocycles. The molecule has 1 saturated heterocycles. The van der Waals surface area contributed by atoms with Crippen molar-refractivity contribution >= 4 is 22.5 Å². The Morgan fingerprint density at radius 3 is 3.12 bits per heavy atom. The summed E-state index contributed by atoms with van der Waals surface area (Å²) < 4.78 is 0. The molecule has 26 heavy (non-hydrogen) atoms. The lowest BCUT2D eigenvalue weighted by Crippen LogP contribution is -2.51. The van der Waals surface area contributed by atoms with E-state index in [9.17, 15) is 4.79 Å². The summed E-state index contributed by atoms with van der Waals surface area (Å²) in [6.45, 7) is 2.92. The molecule has 0 spiro atoms. The Bertz CT molecular complexity index is 876. The van der Waals surface area contributed by atoms with Crippen molar-refractivity contribution in [3.05, 3.63) is 36.2 Å². The predicted octanol–water partition coefficient (Wildman–Crippen LogP) is 2.67. The summed E-state index contributed by atoms with van der Waals surface area (Å²) in [5.74, 6) is 2.93. The number of pyridine rings is 1. The minimum atomic E-state index is -0.0490. The fraction of sp³-hybridized carbons (Fsp3) is 0.429. The van der Waals surface area contributed by atoms with Crippen molar-refractivity contribution in [2.75, 3.05) is 26.2 Å². The molecule has 0 aliphatic carbocycles. The lowest BCUT2D eigenvalue weighted by atomic mass is 9.97. The summed E-state index contributed by atoms with van der Waals surface area (Å²) >= 11 is 0. The van der Waals surface area contributed by atoms with Gasteiger partial charge in [-0.2, -0.15) is 0 Å². The number of aromatic nitrogens is 2. The second kappa shape index (κ2) is 7.35. The number of aromatic amines is 1. The number of amides is 1. The van der Waals surface area contributed by atoms with Crippen LogP contribution in [-0.2, 0) is 4.79 Å². The Balaban J connectivity index is 1.48. The number of hydrogen-bond donors (Lipinski definition) is 1. The lowest BCUT2D eigenvalue weighted by Gasteiger charge is -2.37. The van der Waals surface area contributed by atoms with Crippen molar-refractivity contribution in [2.45, 2.75) is 31.7 Å². The number of terminal acetylenes is 1. The Morgan fingerprint density at radius 1 is 1.38 bits per heavy atom. The molecule has 1 amide bonds. The van der Waals surface area contributed by atoms with E-state index in [1.807, 2.05) is 17.2 Å². The molecule has 0 saturated carbocycles. The SMILES string of the molecule is C#CCN1CCCC[C@H]1C(=O)N1CC=C(c2c[nH]c3ncccc23)CC1. The van der Waals surface area contributed by atoms with Crippen LogP contribution >= 0.6 is 0 Å². The zero-order valence-electron chi connectivity index (χ0n) is 14.9. The van der Waals surface area contributed by atoms with Gasteiger partial charge in [-0.15, -0.1) is 6.42 Å². The molecular formula is C21H24N4O. The van der Waals surface area contributed by atoms with E-state index in [1.165, 1.54) is 11.1 Å². The molecule has 2 aromatic rings. The van der Waals surface area contributed by atoms with Gasteiger partial charge in [0.15, 0.2) is 0 Å². The van der Waals surface area contributed by atoms with Crippen LogP contribution in [0.4, 0.5) is 0 Å². The van der Waals surface area contributed by atoms with Crippen molar-refractivity contribution in [3.8, 4) is 12.3 Å². The minimum Gasteiger partial charge on any atom is -0.346 e. The van der Waals surface area contributed by atoms with Crippen LogP contribution in [0.2, 0.25) is 0 Å². The number of carbonyl (C=O) groups excluding carboxylic acids is 1. The van der Waals surface area contributed by atoms with Gasteiger partial charge in [0.05, 0.1) is 12.6 Å². The van der Waals surface area contributed by atoms with E-state index in [4.69, 9.17) is 6.42 Å². The zero-order chi connectivity index (χ0) is 17.9. The summed E-state index contributed by atoms with van der Waals surface area (Å²) in [6.07, 6.45) is 15.5. The number of rotatable bonds is 3. The molecule has 0 unspecified atom stereocenters. The Morgan fingerprint density at radius 2 is 2.31 bits per heavy atom. The predicted molar refractivity (Wildman–Crippen MR) is 103 cm³/mol.